The Balaban J connectivity index is 0.00000225. The van der Waals surface area contributed by atoms with Gasteiger partial charge in [-0.05, 0) is 30.4 Å². The highest BCUT2D eigenvalue weighted by atomic mass is 127. The summed E-state index contributed by atoms with van der Waals surface area (Å²) < 4.78 is 7.34. The van der Waals surface area contributed by atoms with Gasteiger partial charge in [0.15, 0.2) is 0 Å². The second-order valence-electron chi connectivity index (χ2n) is 7.30. The van der Waals surface area contributed by atoms with E-state index in [2.05, 4.69) is 67.7 Å². The molecule has 0 spiro atoms. The first-order valence-electron chi connectivity index (χ1n) is 9.28. The number of piperidine rings is 1. The Morgan fingerprint density at radius 3 is 1.88 bits per heavy atom. The zero-order valence-corrected chi connectivity index (χ0v) is 17.4. The van der Waals surface area contributed by atoms with Crippen LogP contribution in [0.2, 0.25) is 0 Å². The fraction of sp³-hybridized carbons (Fsp3) is 0.455. The van der Waals surface area contributed by atoms with Crippen LogP contribution in [0.25, 0.3) is 0 Å². The molecule has 0 aromatic heterocycles. The first kappa shape index (κ1) is 20.4. The topological polar surface area (TPSA) is 9.23 Å². The standard InChI is InChI=1S/C22H30NO.HI/c1-23(15-9-4-10-16-23)17-18-24-19-22(20-11-5-2-6-12-20)21-13-7-3-8-14-21;/h2-3,5-8,11-14,22H,4,9-10,15-19H2,1H3;1H/q+1;/p-1. The second kappa shape index (κ2) is 10.3. The minimum Gasteiger partial charge on any atom is -1.00 e. The van der Waals surface area contributed by atoms with Crippen LogP contribution in [0.15, 0.2) is 60.7 Å². The van der Waals surface area contributed by atoms with Crippen LogP contribution in [0.3, 0.4) is 0 Å². The summed E-state index contributed by atoms with van der Waals surface area (Å²) in [5.74, 6) is 0.319. The van der Waals surface area contributed by atoms with Gasteiger partial charge in [-0.3, -0.25) is 0 Å². The van der Waals surface area contributed by atoms with Crippen molar-refractivity contribution in [3.8, 4) is 0 Å². The first-order valence-corrected chi connectivity index (χ1v) is 9.28. The maximum atomic E-state index is 6.16. The molecule has 25 heavy (non-hydrogen) atoms. The molecule has 1 fully saturated rings. The van der Waals surface area contributed by atoms with Gasteiger partial charge in [0.05, 0.1) is 33.4 Å². The Bertz CT molecular complexity index is 556. The monoisotopic (exact) mass is 451 g/mol. The van der Waals surface area contributed by atoms with Crippen molar-refractivity contribution in [3.05, 3.63) is 71.8 Å². The Morgan fingerprint density at radius 1 is 0.840 bits per heavy atom. The van der Waals surface area contributed by atoms with E-state index >= 15 is 0 Å². The summed E-state index contributed by atoms with van der Waals surface area (Å²) in [7, 11) is 2.38. The van der Waals surface area contributed by atoms with E-state index in [1.807, 2.05) is 0 Å². The lowest BCUT2D eigenvalue weighted by Gasteiger charge is -2.37. The Kier molecular flexibility index (Phi) is 8.40. The molecular formula is C22H30INO. The largest absolute Gasteiger partial charge is 1.00 e. The number of benzene rings is 2. The van der Waals surface area contributed by atoms with Crippen molar-refractivity contribution in [2.24, 2.45) is 0 Å². The number of rotatable bonds is 7. The van der Waals surface area contributed by atoms with Crippen LogP contribution in [0.4, 0.5) is 0 Å². The third-order valence-electron chi connectivity index (χ3n) is 5.36. The highest BCUT2D eigenvalue weighted by Gasteiger charge is 2.24. The van der Waals surface area contributed by atoms with Gasteiger partial charge in [-0.2, -0.15) is 0 Å². The Labute approximate surface area is 169 Å². The molecule has 0 N–H and O–H groups in total. The molecule has 0 atom stereocenters. The molecule has 1 aliphatic rings. The fourth-order valence-corrected chi connectivity index (χ4v) is 3.74. The van der Waals surface area contributed by atoms with E-state index in [0.29, 0.717) is 5.92 Å². The number of quaternary nitrogens is 1. The van der Waals surface area contributed by atoms with Crippen molar-refractivity contribution in [3.63, 3.8) is 0 Å². The number of hydrogen-bond donors (Lipinski definition) is 0. The van der Waals surface area contributed by atoms with Gasteiger partial charge >= 0.3 is 0 Å². The highest BCUT2D eigenvalue weighted by molar-refractivity contribution is 5.32. The van der Waals surface area contributed by atoms with E-state index in [4.69, 9.17) is 4.74 Å². The summed E-state index contributed by atoms with van der Waals surface area (Å²) >= 11 is 0. The molecule has 0 radical (unpaired) electrons. The quantitative estimate of drug-likeness (QED) is 0.352. The highest BCUT2D eigenvalue weighted by Crippen LogP contribution is 2.25. The van der Waals surface area contributed by atoms with E-state index in [9.17, 15) is 0 Å². The number of ether oxygens (including phenoxy) is 1. The van der Waals surface area contributed by atoms with E-state index in [1.165, 1.54) is 48.0 Å². The minimum absolute atomic E-state index is 0. The van der Waals surface area contributed by atoms with Crippen molar-refractivity contribution in [1.29, 1.82) is 0 Å². The van der Waals surface area contributed by atoms with Gasteiger partial charge in [0.2, 0.25) is 0 Å². The molecule has 0 saturated carbocycles. The van der Waals surface area contributed by atoms with E-state index in [-0.39, 0.29) is 24.0 Å². The van der Waals surface area contributed by atoms with Gasteiger partial charge in [-0.25, -0.2) is 0 Å². The van der Waals surface area contributed by atoms with Crippen LogP contribution < -0.4 is 24.0 Å². The lowest BCUT2D eigenvalue weighted by atomic mass is 9.92. The summed E-state index contributed by atoms with van der Waals surface area (Å²) in [6, 6.07) is 21.5. The molecular weight excluding hydrogens is 421 g/mol. The molecule has 1 saturated heterocycles. The van der Waals surface area contributed by atoms with Crippen LogP contribution in [0.5, 0.6) is 0 Å². The van der Waals surface area contributed by atoms with Crippen molar-refractivity contribution in [1.82, 2.24) is 0 Å². The zero-order chi connectivity index (χ0) is 16.7. The number of likely N-dealkylation sites (N-methyl/N-ethyl adjacent to an activating group) is 1. The summed E-state index contributed by atoms with van der Waals surface area (Å²) in [5.41, 5.74) is 2.67. The lowest BCUT2D eigenvalue weighted by molar-refractivity contribution is -0.914. The lowest BCUT2D eigenvalue weighted by Crippen LogP contribution is -3.00. The molecule has 2 aromatic carbocycles. The van der Waals surface area contributed by atoms with Crippen molar-refractivity contribution < 1.29 is 33.2 Å². The summed E-state index contributed by atoms with van der Waals surface area (Å²) in [6.45, 7) is 5.37. The Morgan fingerprint density at radius 2 is 1.36 bits per heavy atom. The third-order valence-corrected chi connectivity index (χ3v) is 5.36. The van der Waals surface area contributed by atoms with Crippen molar-refractivity contribution in [2.75, 3.05) is 39.9 Å². The predicted octanol–water partition coefficient (Wildman–Crippen LogP) is 1.47. The summed E-state index contributed by atoms with van der Waals surface area (Å²) in [5, 5.41) is 0. The first-order chi connectivity index (χ1) is 11.8. The number of nitrogens with zero attached hydrogens (tertiary/aromatic N) is 1. The Hall–Kier alpha value is -0.910. The van der Waals surface area contributed by atoms with Gasteiger partial charge in [0.25, 0.3) is 0 Å². The summed E-state index contributed by atoms with van der Waals surface area (Å²) in [4.78, 5) is 0. The van der Waals surface area contributed by atoms with Crippen LogP contribution in [0, 0.1) is 0 Å². The number of halogens is 1. The normalized spacial score (nSPS) is 16.4. The van der Waals surface area contributed by atoms with Crippen LogP contribution >= 0.6 is 0 Å². The molecule has 0 unspecified atom stereocenters. The molecule has 0 amide bonds. The van der Waals surface area contributed by atoms with Gasteiger partial charge in [-0.1, -0.05) is 60.7 Å². The fourth-order valence-electron chi connectivity index (χ4n) is 3.74. The minimum atomic E-state index is 0. The van der Waals surface area contributed by atoms with Crippen molar-refractivity contribution >= 4 is 0 Å². The van der Waals surface area contributed by atoms with Gasteiger partial charge in [0.1, 0.15) is 6.54 Å². The molecule has 0 bridgehead atoms. The maximum absolute atomic E-state index is 6.16. The molecule has 2 nitrogen and oxygen atoms in total. The average molecular weight is 451 g/mol. The van der Waals surface area contributed by atoms with Crippen molar-refractivity contribution in [2.45, 2.75) is 25.2 Å². The van der Waals surface area contributed by atoms with E-state index < -0.39 is 0 Å². The molecule has 3 rings (SSSR count). The van der Waals surface area contributed by atoms with Crippen LogP contribution in [-0.2, 0) is 4.74 Å². The molecule has 0 aliphatic carbocycles. The third kappa shape index (κ3) is 6.08. The van der Waals surface area contributed by atoms with Crippen LogP contribution in [0.1, 0.15) is 36.3 Å². The average Bonchev–Trinajstić information content (AvgIpc) is 2.64. The number of hydrogen-bond acceptors (Lipinski definition) is 1. The summed E-state index contributed by atoms with van der Waals surface area (Å²) in [6.07, 6.45) is 4.14. The smallest absolute Gasteiger partial charge is 0.102 e. The molecule has 1 heterocycles. The number of likely N-dealkylation sites (tertiary alicyclic amines) is 1. The molecule has 136 valence electrons. The van der Waals surface area contributed by atoms with E-state index in [1.54, 1.807) is 0 Å². The van der Waals surface area contributed by atoms with Gasteiger partial charge < -0.3 is 33.2 Å². The molecule has 1 aliphatic heterocycles. The van der Waals surface area contributed by atoms with Gasteiger partial charge in [0, 0.05) is 5.92 Å². The van der Waals surface area contributed by atoms with Crippen LogP contribution in [-0.4, -0.2) is 44.4 Å². The SMILES string of the molecule is C[N+]1(CCOCC(c2ccccc2)c2ccccc2)CCCCC1.[I-]. The molecule has 2 aromatic rings. The van der Waals surface area contributed by atoms with E-state index in [0.717, 1.165) is 19.8 Å². The van der Waals surface area contributed by atoms with Gasteiger partial charge in [-0.15, -0.1) is 0 Å². The second-order valence-corrected chi connectivity index (χ2v) is 7.30. The predicted molar refractivity (Wildman–Crippen MR) is 100 cm³/mol. The molecule has 3 heteroatoms. The maximum Gasteiger partial charge on any atom is 0.102 e. The zero-order valence-electron chi connectivity index (χ0n) is 15.2.